The monoisotopic (exact) mass is 430 g/mol. The molecule has 32 heavy (non-hydrogen) atoms. The lowest BCUT2D eigenvalue weighted by molar-refractivity contribution is -0.127. The predicted octanol–water partition coefficient (Wildman–Crippen LogP) is 4.45. The Morgan fingerprint density at radius 2 is 1.84 bits per heavy atom. The molecule has 1 fully saturated rings. The van der Waals surface area contributed by atoms with E-state index in [2.05, 4.69) is 29.0 Å². The van der Waals surface area contributed by atoms with E-state index in [9.17, 15) is 14.4 Å². The summed E-state index contributed by atoms with van der Waals surface area (Å²) in [4.78, 5) is 38.6. The van der Waals surface area contributed by atoms with E-state index in [1.807, 2.05) is 49.5 Å². The van der Waals surface area contributed by atoms with Gasteiger partial charge in [0, 0.05) is 34.4 Å². The van der Waals surface area contributed by atoms with Crippen molar-refractivity contribution in [3.8, 4) is 0 Å². The van der Waals surface area contributed by atoms with Gasteiger partial charge in [0.15, 0.2) is 0 Å². The molecule has 1 aliphatic heterocycles. The van der Waals surface area contributed by atoms with E-state index in [0.29, 0.717) is 11.7 Å². The number of anilines is 1. The second-order valence-corrected chi connectivity index (χ2v) is 8.06. The topological polar surface area (TPSA) is 83.4 Å². The second-order valence-electron chi connectivity index (χ2n) is 8.06. The molecule has 7 nitrogen and oxygen atoms in total. The Hall–Kier alpha value is -3.87. The average molecular weight is 431 g/mol. The van der Waals surface area contributed by atoms with Crippen LogP contribution >= 0.6 is 0 Å². The molecular weight excluding hydrogens is 404 g/mol. The lowest BCUT2D eigenvalue weighted by Gasteiger charge is -2.12. The molecule has 2 N–H and O–H groups in total. The summed E-state index contributed by atoms with van der Waals surface area (Å²) >= 11 is 0. The Morgan fingerprint density at radius 1 is 1.12 bits per heavy atom. The first kappa shape index (κ1) is 21.4. The van der Waals surface area contributed by atoms with Crippen LogP contribution in [0.1, 0.15) is 37.4 Å². The highest BCUT2D eigenvalue weighted by Gasteiger charge is 2.35. The lowest BCUT2D eigenvalue weighted by Crippen LogP contribution is -2.38. The van der Waals surface area contributed by atoms with Gasteiger partial charge in [0.05, 0.1) is 0 Å². The zero-order chi connectivity index (χ0) is 22.8. The molecule has 1 aliphatic rings. The van der Waals surface area contributed by atoms with Crippen LogP contribution in [0.15, 0.2) is 60.4 Å². The fourth-order valence-corrected chi connectivity index (χ4v) is 3.76. The highest BCUT2D eigenvalue weighted by molar-refractivity contribution is 6.16. The quantitative estimate of drug-likeness (QED) is 0.448. The molecule has 0 spiro atoms. The summed E-state index contributed by atoms with van der Waals surface area (Å²) in [5.41, 5.74) is 3.75. The number of carbonyl (C=O) groups excluding carboxylic acids is 3. The maximum absolute atomic E-state index is 12.9. The predicted molar refractivity (Wildman–Crippen MR) is 125 cm³/mol. The summed E-state index contributed by atoms with van der Waals surface area (Å²) in [6.07, 6.45) is 4.64. The third kappa shape index (κ3) is 4.14. The zero-order valence-corrected chi connectivity index (χ0v) is 18.4. The third-order valence-corrected chi connectivity index (χ3v) is 5.74. The lowest BCUT2D eigenvalue weighted by atomic mass is 10.1. The molecule has 1 aromatic heterocycles. The first-order chi connectivity index (χ1) is 15.4. The molecule has 1 saturated heterocycles. The molecule has 0 unspecified atom stereocenters. The smallest absolute Gasteiger partial charge is 0.329 e. The molecule has 2 heterocycles. The number of aryl methyl sites for hydroxylation is 1. The van der Waals surface area contributed by atoms with Crippen molar-refractivity contribution in [3.05, 3.63) is 71.6 Å². The third-order valence-electron chi connectivity index (χ3n) is 5.74. The molecule has 7 heteroatoms. The minimum Gasteiger partial charge on any atom is -0.344 e. The largest absolute Gasteiger partial charge is 0.344 e. The van der Waals surface area contributed by atoms with Crippen molar-refractivity contribution >= 4 is 40.5 Å². The van der Waals surface area contributed by atoms with Crippen LogP contribution in [-0.4, -0.2) is 33.9 Å². The van der Waals surface area contributed by atoms with Crippen molar-refractivity contribution in [2.45, 2.75) is 33.2 Å². The molecule has 0 saturated carbocycles. The van der Waals surface area contributed by atoms with Crippen LogP contribution in [0.2, 0.25) is 0 Å². The van der Waals surface area contributed by atoms with Gasteiger partial charge >= 0.3 is 6.03 Å². The van der Waals surface area contributed by atoms with Crippen LogP contribution in [0, 0.1) is 6.92 Å². The van der Waals surface area contributed by atoms with E-state index >= 15 is 0 Å². The summed E-state index contributed by atoms with van der Waals surface area (Å²) in [6.45, 7) is 5.86. The highest BCUT2D eigenvalue weighted by Crippen LogP contribution is 2.28. The number of nitrogens with zero attached hydrogens (tertiary/aromatic N) is 2. The molecule has 164 valence electrons. The number of benzene rings is 2. The Bertz CT molecular complexity index is 1220. The number of rotatable bonds is 6. The fraction of sp³-hybridized carbons (Fsp3) is 0.240. The maximum atomic E-state index is 12.9. The number of amides is 4. The minimum absolute atomic E-state index is 0.158. The van der Waals surface area contributed by atoms with Crippen molar-refractivity contribution in [2.75, 3.05) is 11.9 Å². The van der Waals surface area contributed by atoms with E-state index in [0.717, 1.165) is 33.4 Å². The highest BCUT2D eigenvalue weighted by atomic mass is 16.2. The molecule has 0 bridgehead atoms. The molecule has 0 radical (unpaired) electrons. The number of hydrogen-bond donors (Lipinski definition) is 2. The molecule has 4 amide bonds. The van der Waals surface area contributed by atoms with Crippen LogP contribution in [0.4, 0.5) is 10.5 Å². The molecular formula is C25H26N4O3. The van der Waals surface area contributed by atoms with Crippen LogP contribution in [0.3, 0.4) is 0 Å². The normalized spacial score (nSPS) is 16.0. The number of imide groups is 1. The average Bonchev–Trinajstić information content (AvgIpc) is 3.28. The summed E-state index contributed by atoms with van der Waals surface area (Å²) in [6, 6.07) is 15.0. The molecule has 1 atom stereocenters. The first-order valence-electron chi connectivity index (χ1n) is 10.7. The van der Waals surface area contributed by atoms with E-state index in [4.69, 9.17) is 0 Å². The van der Waals surface area contributed by atoms with Crippen molar-refractivity contribution < 1.29 is 14.4 Å². The van der Waals surface area contributed by atoms with Gasteiger partial charge in [-0.15, -0.1) is 0 Å². The Balaban J connectivity index is 1.55. The Morgan fingerprint density at radius 3 is 2.56 bits per heavy atom. The van der Waals surface area contributed by atoms with E-state index < -0.39 is 17.8 Å². The van der Waals surface area contributed by atoms with E-state index in [1.54, 1.807) is 18.2 Å². The van der Waals surface area contributed by atoms with Gasteiger partial charge in [0.2, 0.25) is 5.91 Å². The van der Waals surface area contributed by atoms with E-state index in [1.165, 1.54) is 0 Å². The SMILES string of the molecule is CC[C@@H](C)n1cc(/C=C2/NC(=O)N(CC(=O)Nc3ccc(C)cc3)C2=O)c2ccccc21. The number of aromatic nitrogens is 1. The molecule has 4 rings (SSSR count). The number of nitrogens with one attached hydrogen (secondary N) is 2. The van der Waals surface area contributed by atoms with E-state index in [-0.39, 0.29) is 12.2 Å². The second kappa shape index (κ2) is 8.70. The Kier molecular flexibility index (Phi) is 5.81. The van der Waals surface area contributed by atoms with Gasteiger partial charge in [-0.25, -0.2) is 9.69 Å². The van der Waals surface area contributed by atoms with Crippen molar-refractivity contribution in [2.24, 2.45) is 0 Å². The molecule has 3 aromatic rings. The standard InChI is InChI=1S/C25H26N4O3/c1-4-17(3)28-14-18(20-7-5-6-8-22(20)28)13-21-24(31)29(25(32)27-21)15-23(30)26-19-11-9-16(2)10-12-19/h5-14,17H,4,15H2,1-3H3,(H,26,30)(H,27,32)/b21-13+/t17-/m1/s1. The summed E-state index contributed by atoms with van der Waals surface area (Å²) in [5.74, 6) is -0.957. The fourth-order valence-electron chi connectivity index (χ4n) is 3.76. The number of hydrogen-bond acceptors (Lipinski definition) is 3. The van der Waals surface area contributed by atoms with Crippen LogP contribution in [0.25, 0.3) is 17.0 Å². The van der Waals surface area contributed by atoms with Crippen molar-refractivity contribution in [1.82, 2.24) is 14.8 Å². The first-order valence-corrected chi connectivity index (χ1v) is 10.7. The van der Waals surface area contributed by atoms with Crippen LogP contribution < -0.4 is 10.6 Å². The van der Waals surface area contributed by atoms with Crippen molar-refractivity contribution in [1.29, 1.82) is 0 Å². The van der Waals surface area contributed by atoms with Gasteiger partial charge < -0.3 is 15.2 Å². The van der Waals surface area contributed by atoms with Crippen LogP contribution in [-0.2, 0) is 9.59 Å². The van der Waals surface area contributed by atoms with Gasteiger partial charge in [-0.2, -0.15) is 0 Å². The Labute approximate surface area is 186 Å². The van der Waals surface area contributed by atoms with Crippen molar-refractivity contribution in [3.63, 3.8) is 0 Å². The summed E-state index contributed by atoms with van der Waals surface area (Å²) in [7, 11) is 0. The van der Waals surface area contributed by atoms with Gasteiger partial charge in [-0.1, -0.05) is 42.8 Å². The zero-order valence-electron chi connectivity index (χ0n) is 18.4. The van der Waals surface area contributed by atoms with Gasteiger partial charge in [-0.05, 0) is 44.5 Å². The van der Waals surface area contributed by atoms with Gasteiger partial charge in [-0.3, -0.25) is 9.59 Å². The minimum atomic E-state index is -0.606. The van der Waals surface area contributed by atoms with Crippen LogP contribution in [0.5, 0.6) is 0 Å². The number of fused-ring (bicyclic) bond motifs is 1. The number of urea groups is 1. The summed E-state index contributed by atoms with van der Waals surface area (Å²) < 4.78 is 2.18. The van der Waals surface area contributed by atoms with Gasteiger partial charge in [0.1, 0.15) is 12.2 Å². The molecule has 2 aromatic carbocycles. The van der Waals surface area contributed by atoms with Gasteiger partial charge in [0.25, 0.3) is 5.91 Å². The summed E-state index contributed by atoms with van der Waals surface area (Å²) in [5, 5.41) is 6.32. The maximum Gasteiger partial charge on any atom is 0.329 e. The number of carbonyl (C=O) groups is 3. The molecule has 0 aliphatic carbocycles. The number of para-hydroxylation sites is 1.